The Balaban J connectivity index is 1.71. The molecule has 1 fully saturated rings. The second-order valence-electron chi connectivity index (χ2n) is 5.66. The number of hydrogen-bond donors (Lipinski definition) is 1. The molecular weight excluding hydrogens is 302 g/mol. The first-order chi connectivity index (χ1) is 11.4. The summed E-state index contributed by atoms with van der Waals surface area (Å²) in [5, 5.41) is 5.79. The van der Waals surface area contributed by atoms with Crippen molar-refractivity contribution < 1.29 is 0 Å². The topological polar surface area (TPSA) is 18.5 Å². The first-order valence-corrected chi connectivity index (χ1v) is 9.32. The highest BCUT2D eigenvalue weighted by molar-refractivity contribution is 8.16. The molecule has 0 bridgehead atoms. The smallest absolute Gasteiger partial charge is 0.119 e. The van der Waals surface area contributed by atoms with Crippen LogP contribution in [0.2, 0.25) is 0 Å². The zero-order valence-electron chi connectivity index (χ0n) is 13.1. The lowest BCUT2D eigenvalue weighted by Crippen LogP contribution is -2.45. The van der Waals surface area contributed by atoms with Gasteiger partial charge in [0.2, 0.25) is 0 Å². The van der Waals surface area contributed by atoms with Crippen LogP contribution in [0.5, 0.6) is 0 Å². The zero-order chi connectivity index (χ0) is 15.5. The fourth-order valence-corrected chi connectivity index (χ4v) is 4.94. The van der Waals surface area contributed by atoms with Gasteiger partial charge in [0.25, 0.3) is 0 Å². The Labute approximate surface area is 140 Å². The van der Waals surface area contributed by atoms with Gasteiger partial charge in [-0.25, -0.2) is 0 Å². The maximum absolute atomic E-state index is 3.44. The summed E-state index contributed by atoms with van der Waals surface area (Å²) >= 11 is 0. The molecule has 0 aliphatic carbocycles. The predicted molar refractivity (Wildman–Crippen MR) is 99.8 cm³/mol. The van der Waals surface area contributed by atoms with E-state index < -0.39 is 0 Å². The quantitative estimate of drug-likeness (QED) is 0.875. The first kappa shape index (κ1) is 14.5. The van der Waals surface area contributed by atoms with Crippen LogP contribution in [0.25, 0.3) is 0 Å². The number of para-hydroxylation sites is 1. The molecular formula is C19H21N3S. The van der Waals surface area contributed by atoms with Crippen molar-refractivity contribution in [2.45, 2.75) is 4.90 Å². The van der Waals surface area contributed by atoms with Gasteiger partial charge in [0.05, 0.1) is 5.69 Å². The van der Waals surface area contributed by atoms with E-state index in [9.17, 15) is 0 Å². The van der Waals surface area contributed by atoms with Gasteiger partial charge in [-0.2, -0.15) is 0 Å². The Bertz CT molecular complexity index is 719. The molecule has 2 heterocycles. The van der Waals surface area contributed by atoms with Crippen LogP contribution in [0.1, 0.15) is 0 Å². The summed E-state index contributed by atoms with van der Waals surface area (Å²) in [5.74, 6) is 1.32. The number of nitrogens with one attached hydrogen (secondary N) is 1. The molecule has 1 unspecified atom stereocenters. The van der Waals surface area contributed by atoms with E-state index in [4.69, 9.17) is 0 Å². The molecule has 2 aliphatic rings. The van der Waals surface area contributed by atoms with E-state index in [0.717, 1.165) is 26.2 Å². The molecule has 0 saturated carbocycles. The molecule has 2 aliphatic heterocycles. The van der Waals surface area contributed by atoms with Crippen molar-refractivity contribution in [3.05, 3.63) is 72.6 Å². The van der Waals surface area contributed by atoms with Crippen molar-refractivity contribution in [3.8, 4) is 0 Å². The lowest BCUT2D eigenvalue weighted by molar-refractivity contribution is 0.299. The predicted octanol–water partition coefficient (Wildman–Crippen LogP) is 3.30. The van der Waals surface area contributed by atoms with Crippen LogP contribution in [0, 0.1) is 0 Å². The number of anilines is 1. The molecule has 2 aromatic rings. The summed E-state index contributed by atoms with van der Waals surface area (Å²) in [7, 11) is -0.0575. The maximum Gasteiger partial charge on any atom is 0.119 e. The maximum atomic E-state index is 3.44. The van der Waals surface area contributed by atoms with Crippen molar-refractivity contribution in [2.75, 3.05) is 30.5 Å². The molecule has 1 atom stereocenters. The zero-order valence-corrected chi connectivity index (χ0v) is 13.9. The Morgan fingerprint density at radius 3 is 2.17 bits per heavy atom. The SMILES string of the molecule is C1=C(N2CCNCC2)N(c2ccccc2)S(c2ccccc2)=C1. The molecule has 0 radical (unpaired) electrons. The monoisotopic (exact) mass is 323 g/mol. The van der Waals surface area contributed by atoms with Gasteiger partial charge in [0.1, 0.15) is 5.82 Å². The Hall–Kier alpha value is -2.04. The molecule has 2 aromatic carbocycles. The minimum atomic E-state index is -0.0575. The van der Waals surface area contributed by atoms with Crippen molar-refractivity contribution in [2.24, 2.45) is 0 Å². The second-order valence-corrected chi connectivity index (χ2v) is 7.39. The van der Waals surface area contributed by atoms with E-state index >= 15 is 0 Å². The molecule has 1 N–H and O–H groups in total. The highest BCUT2D eigenvalue weighted by atomic mass is 32.2. The molecule has 0 amide bonds. The number of nitrogens with zero attached hydrogens (tertiary/aromatic N) is 2. The van der Waals surface area contributed by atoms with Crippen LogP contribution in [0.4, 0.5) is 5.69 Å². The number of rotatable bonds is 3. The molecule has 0 aromatic heterocycles. The van der Waals surface area contributed by atoms with Gasteiger partial charge in [0.15, 0.2) is 0 Å². The highest BCUT2D eigenvalue weighted by Gasteiger charge is 2.26. The summed E-state index contributed by atoms with van der Waals surface area (Å²) in [6.07, 6.45) is 2.30. The van der Waals surface area contributed by atoms with Crippen LogP contribution in [0.15, 0.2) is 77.5 Å². The highest BCUT2D eigenvalue weighted by Crippen LogP contribution is 2.42. The number of piperazine rings is 1. The van der Waals surface area contributed by atoms with Crippen molar-refractivity contribution in [3.63, 3.8) is 0 Å². The summed E-state index contributed by atoms with van der Waals surface area (Å²) in [5.41, 5.74) is 1.26. The minimum absolute atomic E-state index is 0.0575. The van der Waals surface area contributed by atoms with Crippen LogP contribution in [-0.2, 0) is 0 Å². The number of allylic oxidation sites excluding steroid dienone is 1. The largest absolute Gasteiger partial charge is 0.355 e. The average molecular weight is 323 g/mol. The normalized spacial score (nSPS) is 21.0. The molecule has 23 heavy (non-hydrogen) atoms. The summed E-state index contributed by atoms with van der Waals surface area (Å²) < 4.78 is 2.49. The third-order valence-electron chi connectivity index (χ3n) is 4.17. The molecule has 0 spiro atoms. The second kappa shape index (κ2) is 6.60. The van der Waals surface area contributed by atoms with E-state index in [-0.39, 0.29) is 10.7 Å². The average Bonchev–Trinajstić information content (AvgIpc) is 3.09. The standard InChI is InChI=1S/C19H21N3S/c1-3-7-17(8-4-1)22-19(21-14-12-20-13-15-21)11-16-23(22)18-9-5-2-6-10-18/h1-11,16,20H,12-15H2. The molecule has 4 rings (SSSR count). The lowest BCUT2D eigenvalue weighted by Gasteiger charge is -2.37. The van der Waals surface area contributed by atoms with E-state index in [1.165, 1.54) is 16.4 Å². The molecule has 1 saturated heterocycles. The van der Waals surface area contributed by atoms with Gasteiger partial charge >= 0.3 is 0 Å². The van der Waals surface area contributed by atoms with Crippen LogP contribution >= 0.6 is 10.7 Å². The van der Waals surface area contributed by atoms with Gasteiger partial charge in [0, 0.05) is 31.1 Å². The number of benzene rings is 2. The van der Waals surface area contributed by atoms with Crippen LogP contribution < -0.4 is 9.62 Å². The third-order valence-corrected chi connectivity index (χ3v) is 6.11. The Kier molecular flexibility index (Phi) is 4.18. The first-order valence-electron chi connectivity index (χ1n) is 8.08. The molecule has 3 nitrogen and oxygen atoms in total. The van der Waals surface area contributed by atoms with Gasteiger partial charge in [-0.05, 0) is 35.7 Å². The van der Waals surface area contributed by atoms with Gasteiger partial charge in [-0.15, -0.1) is 0 Å². The number of hydrogen-bond acceptors (Lipinski definition) is 3. The van der Waals surface area contributed by atoms with Crippen molar-refractivity contribution in [1.82, 2.24) is 10.2 Å². The van der Waals surface area contributed by atoms with Gasteiger partial charge in [-0.3, -0.25) is 4.31 Å². The van der Waals surface area contributed by atoms with Gasteiger partial charge < -0.3 is 10.2 Å². The lowest BCUT2D eigenvalue weighted by atomic mass is 10.3. The Morgan fingerprint density at radius 2 is 1.48 bits per heavy atom. The van der Waals surface area contributed by atoms with E-state index in [1.54, 1.807) is 0 Å². The van der Waals surface area contributed by atoms with E-state index in [0.29, 0.717) is 0 Å². The minimum Gasteiger partial charge on any atom is -0.355 e. The van der Waals surface area contributed by atoms with Crippen molar-refractivity contribution in [1.29, 1.82) is 0 Å². The van der Waals surface area contributed by atoms with Crippen LogP contribution in [-0.4, -0.2) is 36.4 Å². The summed E-state index contributed by atoms with van der Waals surface area (Å²) in [6, 6.07) is 21.5. The van der Waals surface area contributed by atoms with Gasteiger partial charge in [-0.1, -0.05) is 47.1 Å². The fraction of sp³-hybridized carbons (Fsp3) is 0.211. The third kappa shape index (κ3) is 2.92. The van der Waals surface area contributed by atoms with E-state index in [2.05, 4.69) is 86.6 Å². The summed E-state index contributed by atoms with van der Waals surface area (Å²) in [4.78, 5) is 3.85. The van der Waals surface area contributed by atoms with Crippen LogP contribution in [0.3, 0.4) is 0 Å². The molecule has 4 heteroatoms. The van der Waals surface area contributed by atoms with E-state index in [1.807, 2.05) is 0 Å². The fourth-order valence-electron chi connectivity index (χ4n) is 3.04. The summed E-state index contributed by atoms with van der Waals surface area (Å²) in [6.45, 7) is 4.24. The molecule has 118 valence electrons. The Morgan fingerprint density at radius 1 is 0.826 bits per heavy atom. The van der Waals surface area contributed by atoms with Crippen molar-refractivity contribution >= 4 is 21.7 Å².